The second-order valence-corrected chi connectivity index (χ2v) is 7.17. The predicted octanol–water partition coefficient (Wildman–Crippen LogP) is 3.68. The van der Waals surface area contributed by atoms with Crippen LogP contribution in [-0.2, 0) is 9.59 Å². The summed E-state index contributed by atoms with van der Waals surface area (Å²) < 4.78 is 5.19. The normalized spacial score (nSPS) is 17.5. The number of rotatable bonds is 4. The van der Waals surface area contributed by atoms with E-state index in [4.69, 9.17) is 4.74 Å². The van der Waals surface area contributed by atoms with Gasteiger partial charge < -0.3 is 10.1 Å². The zero-order valence-electron chi connectivity index (χ0n) is 17.1. The fourth-order valence-corrected chi connectivity index (χ4v) is 3.53. The molecule has 0 aliphatic carbocycles. The summed E-state index contributed by atoms with van der Waals surface area (Å²) in [6.07, 6.45) is 1.69. The molecule has 0 fully saturated rings. The van der Waals surface area contributed by atoms with E-state index >= 15 is 0 Å². The van der Waals surface area contributed by atoms with E-state index in [0.29, 0.717) is 17.1 Å². The Morgan fingerprint density at radius 2 is 1.66 bits per heavy atom. The van der Waals surface area contributed by atoms with Crippen LogP contribution in [0.5, 0.6) is 5.75 Å². The summed E-state index contributed by atoms with van der Waals surface area (Å²) in [5.41, 5.74) is 3.22. The van der Waals surface area contributed by atoms with Crippen molar-refractivity contribution in [1.82, 2.24) is 5.01 Å². The summed E-state index contributed by atoms with van der Waals surface area (Å²) in [4.78, 5) is 30.4. The average molecular weight is 422 g/mol. The van der Waals surface area contributed by atoms with Crippen LogP contribution in [0.15, 0.2) is 94.7 Å². The first kappa shape index (κ1) is 19.4. The van der Waals surface area contributed by atoms with E-state index in [1.807, 2.05) is 66.7 Å². The van der Waals surface area contributed by atoms with E-state index in [1.54, 1.807) is 25.3 Å². The van der Waals surface area contributed by atoms with Gasteiger partial charge in [0.1, 0.15) is 11.4 Å². The second kappa shape index (κ2) is 7.96. The van der Waals surface area contributed by atoms with Gasteiger partial charge in [-0.25, -0.2) is 4.99 Å². The highest BCUT2D eigenvalue weighted by molar-refractivity contribution is 6.54. The van der Waals surface area contributed by atoms with Crippen molar-refractivity contribution >= 4 is 35.1 Å². The van der Waals surface area contributed by atoms with Gasteiger partial charge in [0.2, 0.25) is 0 Å². The fraction of sp³-hybridized carbons (Fsp3) is 0.0400. The summed E-state index contributed by atoms with van der Waals surface area (Å²) in [5, 5.41) is 8.43. The lowest BCUT2D eigenvalue weighted by atomic mass is 10.1. The molecule has 0 atom stereocenters. The Kier molecular flexibility index (Phi) is 4.84. The number of ether oxygens (including phenoxy) is 1. The number of hydrogen-bond acceptors (Lipinski definition) is 5. The molecular formula is C25H18N4O3. The molecule has 0 bridgehead atoms. The SMILES string of the molecule is COc1ccc(C=C2N=C(c3ccccc3)N(/N=C3\C(=O)Nc4ccccc43)C2=O)cc1. The molecular weight excluding hydrogens is 404 g/mol. The molecule has 7 nitrogen and oxygen atoms in total. The molecule has 0 unspecified atom stereocenters. The third-order valence-corrected chi connectivity index (χ3v) is 5.14. The monoisotopic (exact) mass is 422 g/mol. The minimum atomic E-state index is -0.413. The number of nitrogens with zero attached hydrogens (tertiary/aromatic N) is 3. The van der Waals surface area contributed by atoms with Gasteiger partial charge >= 0.3 is 0 Å². The summed E-state index contributed by atoms with van der Waals surface area (Å²) in [5.74, 6) is 0.306. The van der Waals surface area contributed by atoms with Crippen LogP contribution in [0.25, 0.3) is 6.08 Å². The minimum absolute atomic E-state index is 0.170. The zero-order chi connectivity index (χ0) is 22.1. The highest BCUT2D eigenvalue weighted by Gasteiger charge is 2.34. The highest BCUT2D eigenvalue weighted by Crippen LogP contribution is 2.27. The molecule has 3 aromatic rings. The number of benzene rings is 3. The Hall–Kier alpha value is -4.52. The number of nitrogens with one attached hydrogen (secondary N) is 1. The molecule has 5 rings (SSSR count). The summed E-state index contributed by atoms with van der Waals surface area (Å²) in [7, 11) is 1.60. The molecule has 3 aromatic carbocycles. The third kappa shape index (κ3) is 3.45. The van der Waals surface area contributed by atoms with E-state index in [-0.39, 0.29) is 17.3 Å². The Bertz CT molecular complexity index is 1310. The van der Waals surface area contributed by atoms with E-state index in [9.17, 15) is 9.59 Å². The molecule has 2 heterocycles. The first-order valence-electron chi connectivity index (χ1n) is 9.98. The quantitative estimate of drug-likeness (QED) is 0.651. The van der Waals surface area contributed by atoms with E-state index in [2.05, 4.69) is 15.4 Å². The van der Waals surface area contributed by atoms with Crippen molar-refractivity contribution in [2.24, 2.45) is 10.1 Å². The number of fused-ring (bicyclic) bond motifs is 1. The second-order valence-electron chi connectivity index (χ2n) is 7.17. The molecule has 1 N–H and O–H groups in total. The lowest BCUT2D eigenvalue weighted by Gasteiger charge is -2.13. The van der Waals surface area contributed by atoms with E-state index < -0.39 is 5.91 Å². The standard InChI is InChI=1S/C25H18N4O3/c1-32-18-13-11-16(12-14-18)15-21-25(31)29(23(26-21)17-7-3-2-4-8-17)28-22-19-9-5-6-10-20(19)27-24(22)30/h2-15H,1H3,(H,27,28,30). The summed E-state index contributed by atoms with van der Waals surface area (Å²) in [6.45, 7) is 0. The molecule has 0 radical (unpaired) electrons. The minimum Gasteiger partial charge on any atom is -0.497 e. The van der Waals surface area contributed by atoms with Crippen molar-refractivity contribution in [3.05, 3.63) is 101 Å². The van der Waals surface area contributed by atoms with Gasteiger partial charge in [-0.3, -0.25) is 9.59 Å². The highest BCUT2D eigenvalue weighted by atomic mass is 16.5. The number of methoxy groups -OCH3 is 1. The molecule has 32 heavy (non-hydrogen) atoms. The molecule has 2 aliphatic rings. The zero-order valence-corrected chi connectivity index (χ0v) is 17.1. The number of aliphatic imine (C=N–C) groups is 1. The van der Waals surface area contributed by atoms with Crippen molar-refractivity contribution in [2.45, 2.75) is 0 Å². The van der Waals surface area contributed by atoms with Crippen LogP contribution in [0.2, 0.25) is 0 Å². The fourth-order valence-electron chi connectivity index (χ4n) is 3.53. The predicted molar refractivity (Wildman–Crippen MR) is 122 cm³/mol. The van der Waals surface area contributed by atoms with Crippen LogP contribution >= 0.6 is 0 Å². The van der Waals surface area contributed by atoms with Crippen LogP contribution in [0, 0.1) is 0 Å². The Labute approximate surface area is 184 Å². The number of carbonyl (C=O) groups is 2. The Morgan fingerprint density at radius 1 is 0.938 bits per heavy atom. The first-order chi connectivity index (χ1) is 15.6. The Balaban J connectivity index is 1.59. The molecule has 156 valence electrons. The smallest absolute Gasteiger partial charge is 0.298 e. The van der Waals surface area contributed by atoms with Crippen LogP contribution in [-0.4, -0.2) is 35.5 Å². The lowest BCUT2D eigenvalue weighted by Crippen LogP contribution is -2.30. The largest absolute Gasteiger partial charge is 0.497 e. The van der Waals surface area contributed by atoms with Crippen molar-refractivity contribution in [3.63, 3.8) is 0 Å². The van der Waals surface area contributed by atoms with Crippen LogP contribution in [0.3, 0.4) is 0 Å². The topological polar surface area (TPSA) is 83.4 Å². The number of hydrogen-bond donors (Lipinski definition) is 1. The van der Waals surface area contributed by atoms with E-state index in [1.165, 1.54) is 5.01 Å². The number of amides is 2. The molecule has 0 saturated carbocycles. The molecule has 0 aromatic heterocycles. The van der Waals surface area contributed by atoms with Gasteiger partial charge in [-0.1, -0.05) is 60.7 Å². The lowest BCUT2D eigenvalue weighted by molar-refractivity contribution is -0.122. The summed E-state index contributed by atoms with van der Waals surface area (Å²) >= 11 is 0. The average Bonchev–Trinajstić information content (AvgIpc) is 3.31. The van der Waals surface area contributed by atoms with Gasteiger partial charge in [0, 0.05) is 11.1 Å². The van der Waals surface area contributed by atoms with Gasteiger partial charge in [-0.2, -0.15) is 10.1 Å². The van der Waals surface area contributed by atoms with Crippen LogP contribution < -0.4 is 10.1 Å². The van der Waals surface area contributed by atoms with Gasteiger partial charge in [-0.15, -0.1) is 0 Å². The van der Waals surface area contributed by atoms with Gasteiger partial charge in [0.05, 0.1) is 12.8 Å². The number of carbonyl (C=O) groups excluding carboxylic acids is 2. The Morgan fingerprint density at radius 3 is 2.41 bits per heavy atom. The molecule has 0 spiro atoms. The van der Waals surface area contributed by atoms with Crippen molar-refractivity contribution in [1.29, 1.82) is 0 Å². The molecule has 0 saturated heterocycles. The van der Waals surface area contributed by atoms with Crippen molar-refractivity contribution < 1.29 is 14.3 Å². The number of para-hydroxylation sites is 1. The van der Waals surface area contributed by atoms with Gasteiger partial charge in [0.25, 0.3) is 11.8 Å². The number of hydrazone groups is 1. The van der Waals surface area contributed by atoms with Crippen molar-refractivity contribution in [2.75, 3.05) is 12.4 Å². The van der Waals surface area contributed by atoms with Crippen LogP contribution in [0.1, 0.15) is 16.7 Å². The molecule has 2 amide bonds. The number of anilines is 1. The van der Waals surface area contributed by atoms with E-state index in [0.717, 1.165) is 16.9 Å². The van der Waals surface area contributed by atoms with Gasteiger partial charge in [0.15, 0.2) is 11.5 Å². The first-order valence-corrected chi connectivity index (χ1v) is 9.98. The maximum absolute atomic E-state index is 13.3. The maximum Gasteiger partial charge on any atom is 0.298 e. The number of amidine groups is 1. The molecule has 7 heteroatoms. The molecule has 2 aliphatic heterocycles. The van der Waals surface area contributed by atoms with Crippen LogP contribution in [0.4, 0.5) is 5.69 Å². The third-order valence-electron chi connectivity index (χ3n) is 5.14. The summed E-state index contributed by atoms with van der Waals surface area (Å²) in [6, 6.07) is 23.8. The van der Waals surface area contributed by atoms with Crippen molar-refractivity contribution in [3.8, 4) is 5.75 Å². The maximum atomic E-state index is 13.3. The van der Waals surface area contributed by atoms with Gasteiger partial charge in [-0.05, 0) is 29.8 Å².